The number of aromatic nitrogens is 2. The van der Waals surface area contributed by atoms with E-state index in [1.165, 1.54) is 11.3 Å². The molecule has 0 aliphatic carbocycles. The minimum atomic E-state index is -0.399. The second kappa shape index (κ2) is 5.85. The van der Waals surface area contributed by atoms with Gasteiger partial charge in [-0.25, -0.2) is 4.79 Å². The largest absolute Gasteiger partial charge is 0.367 e. The summed E-state index contributed by atoms with van der Waals surface area (Å²) in [6.07, 6.45) is 0.768. The molecule has 0 saturated carbocycles. The Balaban J connectivity index is 1.62. The van der Waals surface area contributed by atoms with Crippen molar-refractivity contribution in [2.75, 3.05) is 5.32 Å². The Morgan fingerprint density at radius 2 is 2.13 bits per heavy atom. The van der Waals surface area contributed by atoms with Gasteiger partial charge in [0.15, 0.2) is 0 Å². The summed E-state index contributed by atoms with van der Waals surface area (Å²) in [5.74, 6) is 0. The second-order valence-corrected chi connectivity index (χ2v) is 8.50. The standard InChI is InChI=1S/C15H20N4O2S2/c1-14(2)7-10(15(3,4)21-14)16-12(20)17-13-19-18-11(23-13)9-5-6-22-8-9/h5-6,8,10H,7H2,1-4H3,(H2,16,17,19,20)/t10-/m0/s1. The molecule has 3 heterocycles. The highest BCUT2D eigenvalue weighted by Gasteiger charge is 2.46. The molecule has 124 valence electrons. The molecule has 1 saturated heterocycles. The van der Waals surface area contributed by atoms with Crippen molar-refractivity contribution in [2.24, 2.45) is 0 Å². The molecule has 23 heavy (non-hydrogen) atoms. The predicted molar refractivity (Wildman–Crippen MR) is 93.0 cm³/mol. The highest BCUT2D eigenvalue weighted by Crippen LogP contribution is 2.37. The number of rotatable bonds is 3. The van der Waals surface area contributed by atoms with Crippen LogP contribution in [0.15, 0.2) is 16.8 Å². The lowest BCUT2D eigenvalue weighted by atomic mass is 9.95. The first-order valence-electron chi connectivity index (χ1n) is 7.39. The molecule has 0 radical (unpaired) electrons. The van der Waals surface area contributed by atoms with E-state index in [4.69, 9.17) is 4.74 Å². The summed E-state index contributed by atoms with van der Waals surface area (Å²) in [6, 6.07) is 1.65. The van der Waals surface area contributed by atoms with Gasteiger partial charge in [0.25, 0.3) is 0 Å². The van der Waals surface area contributed by atoms with Gasteiger partial charge in [-0.1, -0.05) is 11.3 Å². The van der Waals surface area contributed by atoms with Gasteiger partial charge in [-0.3, -0.25) is 5.32 Å². The van der Waals surface area contributed by atoms with Crippen LogP contribution in [-0.2, 0) is 4.74 Å². The lowest BCUT2D eigenvalue weighted by Crippen LogP contribution is -2.47. The van der Waals surface area contributed by atoms with Gasteiger partial charge in [-0.05, 0) is 45.6 Å². The van der Waals surface area contributed by atoms with Crippen molar-refractivity contribution in [3.63, 3.8) is 0 Å². The zero-order chi connectivity index (χ0) is 16.7. The SMILES string of the molecule is CC1(C)C[C@H](NC(=O)Nc2nnc(-c3ccsc3)s2)C(C)(C)O1. The van der Waals surface area contributed by atoms with Crippen LogP contribution in [0.25, 0.3) is 10.6 Å². The Morgan fingerprint density at radius 3 is 2.74 bits per heavy atom. The minimum absolute atomic E-state index is 0.0539. The zero-order valence-corrected chi connectivity index (χ0v) is 15.2. The number of anilines is 1. The van der Waals surface area contributed by atoms with E-state index in [-0.39, 0.29) is 17.7 Å². The van der Waals surface area contributed by atoms with Crippen LogP contribution >= 0.6 is 22.7 Å². The maximum Gasteiger partial charge on any atom is 0.321 e. The van der Waals surface area contributed by atoms with E-state index in [0.717, 1.165) is 17.0 Å². The van der Waals surface area contributed by atoms with Gasteiger partial charge >= 0.3 is 6.03 Å². The van der Waals surface area contributed by atoms with E-state index in [0.29, 0.717) is 5.13 Å². The summed E-state index contributed by atoms with van der Waals surface area (Å²) in [4.78, 5) is 12.2. The summed E-state index contributed by atoms with van der Waals surface area (Å²) >= 11 is 2.96. The third-order valence-corrected chi connectivity index (χ3v) is 5.36. The van der Waals surface area contributed by atoms with Crippen LogP contribution in [-0.4, -0.2) is 33.5 Å². The molecule has 2 aromatic heterocycles. The summed E-state index contributed by atoms with van der Waals surface area (Å²) < 4.78 is 5.99. The van der Waals surface area contributed by atoms with Crippen molar-refractivity contribution >= 4 is 33.8 Å². The summed E-state index contributed by atoms with van der Waals surface area (Å²) in [7, 11) is 0. The van der Waals surface area contributed by atoms with E-state index in [2.05, 4.69) is 20.8 Å². The van der Waals surface area contributed by atoms with Crippen LogP contribution in [0.5, 0.6) is 0 Å². The third-order valence-electron chi connectivity index (χ3n) is 3.79. The van der Waals surface area contributed by atoms with Crippen LogP contribution in [0.1, 0.15) is 34.1 Å². The maximum absolute atomic E-state index is 12.2. The first kappa shape index (κ1) is 16.4. The van der Waals surface area contributed by atoms with Crippen LogP contribution in [0, 0.1) is 0 Å². The summed E-state index contributed by atoms with van der Waals surface area (Å²) in [6.45, 7) is 8.05. The Bertz CT molecular complexity index is 694. The van der Waals surface area contributed by atoms with Gasteiger partial charge < -0.3 is 10.1 Å². The van der Waals surface area contributed by atoms with Crippen LogP contribution in [0.4, 0.5) is 9.93 Å². The monoisotopic (exact) mass is 352 g/mol. The van der Waals surface area contributed by atoms with Gasteiger partial charge in [-0.2, -0.15) is 11.3 Å². The Labute approximate surface area is 143 Å². The van der Waals surface area contributed by atoms with E-state index < -0.39 is 5.60 Å². The van der Waals surface area contributed by atoms with Gasteiger partial charge in [0, 0.05) is 10.9 Å². The van der Waals surface area contributed by atoms with Gasteiger partial charge in [0.2, 0.25) is 5.13 Å². The molecule has 2 N–H and O–H groups in total. The molecule has 2 amide bonds. The molecule has 0 spiro atoms. The molecule has 2 aromatic rings. The van der Waals surface area contributed by atoms with E-state index in [1.54, 1.807) is 11.3 Å². The average Bonchev–Trinajstić information content (AvgIpc) is 3.08. The number of nitrogens with zero attached hydrogens (tertiary/aromatic N) is 2. The molecule has 8 heteroatoms. The molecule has 6 nitrogen and oxygen atoms in total. The molecule has 0 unspecified atom stereocenters. The first-order chi connectivity index (χ1) is 10.8. The molecule has 0 bridgehead atoms. The maximum atomic E-state index is 12.2. The molecular weight excluding hydrogens is 332 g/mol. The van der Waals surface area contributed by atoms with Crippen molar-refractivity contribution in [1.82, 2.24) is 15.5 Å². The normalized spacial score (nSPS) is 22.0. The Morgan fingerprint density at radius 1 is 1.35 bits per heavy atom. The predicted octanol–water partition coefficient (Wildman–Crippen LogP) is 3.73. The van der Waals surface area contributed by atoms with Crippen LogP contribution in [0.2, 0.25) is 0 Å². The number of amides is 2. The van der Waals surface area contributed by atoms with Crippen molar-refractivity contribution in [3.05, 3.63) is 16.8 Å². The lowest BCUT2D eigenvalue weighted by molar-refractivity contribution is -0.0689. The molecule has 0 aromatic carbocycles. The lowest BCUT2D eigenvalue weighted by Gasteiger charge is -2.27. The number of hydrogen-bond donors (Lipinski definition) is 2. The highest BCUT2D eigenvalue weighted by atomic mass is 32.1. The Kier molecular flexibility index (Phi) is 4.16. The fraction of sp³-hybridized carbons (Fsp3) is 0.533. The summed E-state index contributed by atoms with van der Waals surface area (Å²) in [5, 5.41) is 19.1. The summed E-state index contributed by atoms with van der Waals surface area (Å²) in [5.41, 5.74) is 0.383. The van der Waals surface area contributed by atoms with Gasteiger partial charge in [0.1, 0.15) is 5.01 Å². The van der Waals surface area contributed by atoms with Gasteiger partial charge in [-0.15, -0.1) is 10.2 Å². The van der Waals surface area contributed by atoms with Crippen molar-refractivity contribution in [1.29, 1.82) is 0 Å². The van der Waals surface area contributed by atoms with E-state index in [9.17, 15) is 4.79 Å². The van der Waals surface area contributed by atoms with Crippen molar-refractivity contribution in [3.8, 4) is 10.6 Å². The number of carbonyl (C=O) groups is 1. The molecule has 1 atom stereocenters. The number of nitrogens with one attached hydrogen (secondary N) is 2. The number of thiophene rings is 1. The van der Waals surface area contributed by atoms with Gasteiger partial charge in [0.05, 0.1) is 17.2 Å². The second-order valence-electron chi connectivity index (χ2n) is 6.74. The highest BCUT2D eigenvalue weighted by molar-refractivity contribution is 7.19. The van der Waals surface area contributed by atoms with Crippen molar-refractivity contribution in [2.45, 2.75) is 51.4 Å². The molecule has 1 aliphatic rings. The number of hydrogen-bond acceptors (Lipinski definition) is 6. The topological polar surface area (TPSA) is 76.1 Å². The molecule has 1 aliphatic heterocycles. The fourth-order valence-corrected chi connectivity index (χ4v) is 4.31. The first-order valence-corrected chi connectivity index (χ1v) is 9.15. The number of ether oxygens (including phenoxy) is 1. The fourth-order valence-electron chi connectivity index (χ4n) is 2.86. The van der Waals surface area contributed by atoms with E-state index >= 15 is 0 Å². The minimum Gasteiger partial charge on any atom is -0.367 e. The molecule has 3 rings (SSSR count). The smallest absolute Gasteiger partial charge is 0.321 e. The van der Waals surface area contributed by atoms with E-state index in [1.807, 2.05) is 44.5 Å². The number of urea groups is 1. The average molecular weight is 352 g/mol. The number of carbonyl (C=O) groups excluding carboxylic acids is 1. The van der Waals surface area contributed by atoms with Crippen molar-refractivity contribution < 1.29 is 9.53 Å². The van der Waals surface area contributed by atoms with Crippen LogP contribution in [0.3, 0.4) is 0 Å². The van der Waals surface area contributed by atoms with Crippen LogP contribution < -0.4 is 10.6 Å². The zero-order valence-electron chi connectivity index (χ0n) is 13.5. The quantitative estimate of drug-likeness (QED) is 0.882. The molecule has 1 fully saturated rings. The molecular formula is C15H20N4O2S2. The third kappa shape index (κ3) is 3.70. The Hall–Kier alpha value is -1.51.